The van der Waals surface area contributed by atoms with Gasteiger partial charge in [0.25, 0.3) is 0 Å². The van der Waals surface area contributed by atoms with Crippen LogP contribution in [0.1, 0.15) is 0 Å². The van der Waals surface area contributed by atoms with Gasteiger partial charge < -0.3 is 10.6 Å². The molecule has 1 aromatic heterocycles. The number of nitrogens with two attached hydrogens (primary N) is 1. The molecule has 0 unspecified atom stereocenters. The Labute approximate surface area is 76.6 Å². The van der Waals surface area contributed by atoms with Gasteiger partial charge in [0.05, 0.1) is 0 Å². The van der Waals surface area contributed by atoms with Gasteiger partial charge in [-0.2, -0.15) is 5.10 Å². The summed E-state index contributed by atoms with van der Waals surface area (Å²) in [7, 11) is 0.0712. The number of hydrogen-bond acceptors (Lipinski definition) is 5. The van der Waals surface area contributed by atoms with Gasteiger partial charge in [-0.1, -0.05) is 0 Å². The zero-order valence-corrected chi connectivity index (χ0v) is 8.51. The summed E-state index contributed by atoms with van der Waals surface area (Å²) in [4.78, 5) is 1.64. The molecule has 0 saturated heterocycles. The maximum absolute atomic E-state index is 11.3. The molecule has 0 aromatic carbocycles. The van der Waals surface area contributed by atoms with Gasteiger partial charge >= 0.3 is 0 Å². The highest BCUT2D eigenvalue weighted by molar-refractivity contribution is 7.91. The van der Waals surface area contributed by atoms with Crippen LogP contribution in [0.5, 0.6) is 0 Å². The Balaban J connectivity index is 3.42. The van der Waals surface area contributed by atoms with E-state index in [0.29, 0.717) is 5.82 Å². The second-order valence-electron chi connectivity index (χ2n) is 2.96. The number of H-pyrrole nitrogens is 1. The van der Waals surface area contributed by atoms with Crippen LogP contribution in [0.25, 0.3) is 0 Å². The van der Waals surface area contributed by atoms with Crippen LogP contribution in [-0.4, -0.2) is 39.0 Å². The molecule has 74 valence electrons. The molecule has 0 aliphatic rings. The molecule has 0 atom stereocenters. The molecule has 0 spiro atoms. The summed E-state index contributed by atoms with van der Waals surface area (Å²) in [5, 5.41) is 6.21. The molecule has 0 aliphatic carbocycles. The van der Waals surface area contributed by atoms with Crippen molar-refractivity contribution in [3.05, 3.63) is 0 Å². The lowest BCUT2D eigenvalue weighted by Gasteiger charge is -2.09. The van der Waals surface area contributed by atoms with Crippen molar-refractivity contribution in [2.24, 2.45) is 0 Å². The Bertz CT molecular complexity index is 406. The Hall–Kier alpha value is -1.24. The van der Waals surface area contributed by atoms with Crippen molar-refractivity contribution >= 4 is 21.5 Å². The smallest absolute Gasteiger partial charge is 0.182 e. The van der Waals surface area contributed by atoms with Crippen LogP contribution in [0.2, 0.25) is 0 Å². The number of nitrogens with one attached hydrogen (secondary N) is 1. The highest BCUT2D eigenvalue weighted by Crippen LogP contribution is 2.25. The van der Waals surface area contributed by atoms with E-state index >= 15 is 0 Å². The van der Waals surface area contributed by atoms with Crippen LogP contribution in [-0.2, 0) is 9.84 Å². The number of hydrogen-bond donors (Lipinski definition) is 2. The standard InChI is InChI=1S/C6H12N4O2S/c1-10(2)6-4(13(3,11)12)5(7)8-9-6/h1-3H3,(H3,7,8,9). The van der Waals surface area contributed by atoms with E-state index in [2.05, 4.69) is 10.2 Å². The number of nitrogens with zero attached hydrogens (tertiary/aromatic N) is 2. The first-order valence-corrected chi connectivity index (χ1v) is 5.44. The molecule has 13 heavy (non-hydrogen) atoms. The van der Waals surface area contributed by atoms with Crippen molar-refractivity contribution in [2.75, 3.05) is 31.0 Å². The third-order valence-corrected chi connectivity index (χ3v) is 2.67. The zero-order chi connectivity index (χ0) is 10.2. The first kappa shape index (κ1) is 9.85. The van der Waals surface area contributed by atoms with E-state index in [0.717, 1.165) is 6.26 Å². The van der Waals surface area contributed by atoms with Crippen LogP contribution in [0.4, 0.5) is 11.6 Å². The Morgan fingerprint density at radius 3 is 2.31 bits per heavy atom. The average Bonchev–Trinajstić information content (AvgIpc) is 2.28. The molecular formula is C6H12N4O2S. The van der Waals surface area contributed by atoms with Gasteiger partial charge in [-0.15, -0.1) is 0 Å². The highest BCUT2D eigenvalue weighted by Gasteiger charge is 2.21. The second-order valence-corrected chi connectivity index (χ2v) is 4.91. The minimum Gasteiger partial charge on any atom is -0.383 e. The van der Waals surface area contributed by atoms with Gasteiger partial charge in [0.1, 0.15) is 5.82 Å². The SMILES string of the molecule is CN(C)c1n[nH]c(N)c1S(C)(=O)=O. The van der Waals surface area contributed by atoms with Gasteiger partial charge in [-0.25, -0.2) is 8.42 Å². The summed E-state index contributed by atoms with van der Waals surface area (Å²) >= 11 is 0. The first-order chi connectivity index (χ1) is 5.84. The molecule has 0 radical (unpaired) electrons. The highest BCUT2D eigenvalue weighted by atomic mass is 32.2. The Kier molecular flexibility index (Phi) is 2.21. The van der Waals surface area contributed by atoms with Crippen LogP contribution < -0.4 is 10.6 Å². The van der Waals surface area contributed by atoms with Crippen molar-refractivity contribution in [1.29, 1.82) is 0 Å². The van der Waals surface area contributed by atoms with E-state index in [4.69, 9.17) is 5.73 Å². The predicted octanol–water partition coefficient (Wildman–Crippen LogP) is -0.539. The summed E-state index contributed by atoms with van der Waals surface area (Å²) in [6.45, 7) is 0. The number of rotatable bonds is 2. The summed E-state index contributed by atoms with van der Waals surface area (Å²) in [5.74, 6) is 0.409. The minimum atomic E-state index is -3.33. The third-order valence-electron chi connectivity index (χ3n) is 1.52. The number of sulfone groups is 1. The summed E-state index contributed by atoms with van der Waals surface area (Å²) < 4.78 is 22.5. The lowest BCUT2D eigenvalue weighted by Crippen LogP contribution is -2.13. The fourth-order valence-corrected chi connectivity index (χ4v) is 2.01. The van der Waals surface area contributed by atoms with Gasteiger partial charge in [-0.05, 0) is 0 Å². The summed E-state index contributed by atoms with van der Waals surface area (Å²) in [5.41, 5.74) is 5.44. The predicted molar refractivity (Wildman–Crippen MR) is 50.4 cm³/mol. The topological polar surface area (TPSA) is 92.1 Å². The van der Waals surface area contributed by atoms with E-state index < -0.39 is 9.84 Å². The van der Waals surface area contributed by atoms with Gasteiger partial charge in [0.15, 0.2) is 20.6 Å². The lowest BCUT2D eigenvalue weighted by atomic mass is 10.5. The lowest BCUT2D eigenvalue weighted by molar-refractivity contribution is 0.602. The van der Waals surface area contributed by atoms with Gasteiger partial charge in [0.2, 0.25) is 0 Å². The second kappa shape index (κ2) is 2.91. The van der Waals surface area contributed by atoms with Gasteiger partial charge in [-0.3, -0.25) is 5.10 Å². The van der Waals surface area contributed by atoms with Crippen molar-refractivity contribution < 1.29 is 8.42 Å². The number of anilines is 2. The maximum Gasteiger partial charge on any atom is 0.182 e. The molecule has 0 fully saturated rings. The van der Waals surface area contributed by atoms with Crippen molar-refractivity contribution in [3.63, 3.8) is 0 Å². The number of nitrogen functional groups attached to an aromatic ring is 1. The number of aromatic amines is 1. The number of aromatic nitrogens is 2. The molecule has 1 heterocycles. The van der Waals surface area contributed by atoms with Crippen LogP contribution in [0.3, 0.4) is 0 Å². The molecule has 3 N–H and O–H groups in total. The van der Waals surface area contributed by atoms with Gasteiger partial charge in [0, 0.05) is 20.4 Å². The van der Waals surface area contributed by atoms with Crippen LogP contribution in [0, 0.1) is 0 Å². The normalized spacial score (nSPS) is 11.6. The van der Waals surface area contributed by atoms with Crippen molar-refractivity contribution in [2.45, 2.75) is 4.90 Å². The molecule has 0 amide bonds. The van der Waals surface area contributed by atoms with Crippen molar-refractivity contribution in [1.82, 2.24) is 10.2 Å². The average molecular weight is 204 g/mol. The third kappa shape index (κ3) is 1.74. The molecule has 0 bridgehead atoms. The molecule has 1 aromatic rings. The summed E-state index contributed by atoms with van der Waals surface area (Å²) in [6.07, 6.45) is 1.10. The Morgan fingerprint density at radius 2 is 2.00 bits per heavy atom. The quantitative estimate of drug-likeness (QED) is 0.675. The Morgan fingerprint density at radius 1 is 1.46 bits per heavy atom. The fourth-order valence-electron chi connectivity index (χ4n) is 1.00. The first-order valence-electron chi connectivity index (χ1n) is 3.55. The van der Waals surface area contributed by atoms with E-state index in [-0.39, 0.29) is 10.7 Å². The monoisotopic (exact) mass is 204 g/mol. The van der Waals surface area contributed by atoms with E-state index in [9.17, 15) is 8.42 Å². The minimum absolute atomic E-state index is 0.0532. The largest absolute Gasteiger partial charge is 0.383 e. The van der Waals surface area contributed by atoms with Crippen LogP contribution in [0.15, 0.2) is 4.90 Å². The molecule has 0 saturated carbocycles. The van der Waals surface area contributed by atoms with E-state index in [1.807, 2.05) is 0 Å². The molecule has 7 heteroatoms. The zero-order valence-electron chi connectivity index (χ0n) is 7.70. The molecule has 0 aliphatic heterocycles. The summed E-state index contributed by atoms with van der Waals surface area (Å²) in [6, 6.07) is 0. The van der Waals surface area contributed by atoms with Crippen LogP contribution >= 0.6 is 0 Å². The molecule has 6 nitrogen and oxygen atoms in total. The van der Waals surface area contributed by atoms with E-state index in [1.165, 1.54) is 0 Å². The van der Waals surface area contributed by atoms with E-state index in [1.54, 1.807) is 19.0 Å². The van der Waals surface area contributed by atoms with Crippen molar-refractivity contribution in [3.8, 4) is 0 Å². The molecule has 1 rings (SSSR count). The fraction of sp³-hybridized carbons (Fsp3) is 0.500. The maximum atomic E-state index is 11.3. The molecular weight excluding hydrogens is 192 g/mol.